The Morgan fingerprint density at radius 2 is 1.94 bits per heavy atom. The Morgan fingerprint density at radius 3 is 2.61 bits per heavy atom. The van der Waals surface area contributed by atoms with E-state index in [2.05, 4.69) is 19.1 Å². The molecule has 1 saturated carbocycles. The molecule has 0 bridgehead atoms. The quantitative estimate of drug-likeness (QED) is 0.722. The van der Waals surface area contributed by atoms with Gasteiger partial charge in [0.05, 0.1) is 0 Å². The molecule has 2 rings (SSSR count). The minimum atomic E-state index is 0.435. The van der Waals surface area contributed by atoms with Crippen molar-refractivity contribution in [1.29, 1.82) is 0 Å². The predicted octanol–water partition coefficient (Wildman–Crippen LogP) is 4.78. The highest BCUT2D eigenvalue weighted by Gasteiger charge is 2.15. The number of aryl methyl sites for hydroxylation is 1. The maximum absolute atomic E-state index is 12.0. The van der Waals surface area contributed by atoms with Gasteiger partial charge in [-0.1, -0.05) is 39.0 Å². The van der Waals surface area contributed by atoms with E-state index in [9.17, 15) is 4.79 Å². The highest BCUT2D eigenvalue weighted by Crippen LogP contribution is 2.27. The molecule has 1 nitrogen and oxygen atoms in total. The Balaban J connectivity index is 1.71. The molecule has 1 heterocycles. The van der Waals surface area contributed by atoms with Crippen LogP contribution in [-0.2, 0) is 17.6 Å². The Kier molecular flexibility index (Phi) is 5.43. The van der Waals surface area contributed by atoms with Crippen LogP contribution in [0.3, 0.4) is 0 Å². The molecule has 0 spiro atoms. The van der Waals surface area contributed by atoms with Gasteiger partial charge in [0.25, 0.3) is 0 Å². The summed E-state index contributed by atoms with van der Waals surface area (Å²) in [4.78, 5) is 14.6. The number of thiophene rings is 1. The molecule has 18 heavy (non-hydrogen) atoms. The van der Waals surface area contributed by atoms with Gasteiger partial charge in [0.2, 0.25) is 0 Å². The first-order valence-corrected chi connectivity index (χ1v) is 8.19. The molecule has 1 fully saturated rings. The van der Waals surface area contributed by atoms with Crippen LogP contribution in [0.15, 0.2) is 12.1 Å². The largest absolute Gasteiger partial charge is 0.299 e. The number of hydrogen-bond acceptors (Lipinski definition) is 2. The second-order valence-electron chi connectivity index (χ2n) is 5.48. The Morgan fingerprint density at radius 1 is 1.22 bits per heavy atom. The van der Waals surface area contributed by atoms with Gasteiger partial charge in [0, 0.05) is 22.6 Å². The van der Waals surface area contributed by atoms with E-state index in [1.807, 2.05) is 0 Å². The zero-order valence-electron chi connectivity index (χ0n) is 11.4. The third-order valence-corrected chi connectivity index (χ3v) is 5.22. The van der Waals surface area contributed by atoms with Gasteiger partial charge in [-0.15, -0.1) is 11.3 Å². The van der Waals surface area contributed by atoms with E-state index >= 15 is 0 Å². The summed E-state index contributed by atoms with van der Waals surface area (Å²) in [6.45, 7) is 2.17. The molecular weight excluding hydrogens is 240 g/mol. The van der Waals surface area contributed by atoms with Gasteiger partial charge < -0.3 is 0 Å². The lowest BCUT2D eigenvalue weighted by Gasteiger charge is -2.20. The standard InChI is InChI=1S/C16H24OS/c1-2-15-10-11-16(18-15)12-14(17)9-8-13-6-4-3-5-7-13/h10-11,13H,2-9,12H2,1H3. The second-order valence-corrected chi connectivity index (χ2v) is 6.73. The fourth-order valence-corrected chi connectivity index (χ4v) is 3.82. The van der Waals surface area contributed by atoms with Crippen molar-refractivity contribution in [3.63, 3.8) is 0 Å². The Bertz CT molecular complexity index is 374. The first-order valence-electron chi connectivity index (χ1n) is 7.37. The van der Waals surface area contributed by atoms with Crippen LogP contribution < -0.4 is 0 Å². The minimum absolute atomic E-state index is 0.435. The Labute approximate surface area is 115 Å². The highest BCUT2D eigenvalue weighted by molar-refractivity contribution is 7.12. The van der Waals surface area contributed by atoms with Crippen LogP contribution in [0.25, 0.3) is 0 Å². The van der Waals surface area contributed by atoms with Gasteiger partial charge in [0.1, 0.15) is 5.78 Å². The summed E-state index contributed by atoms with van der Waals surface area (Å²) in [7, 11) is 0. The van der Waals surface area contributed by atoms with Crippen molar-refractivity contribution in [1.82, 2.24) is 0 Å². The van der Waals surface area contributed by atoms with Crippen LogP contribution >= 0.6 is 11.3 Å². The number of carbonyl (C=O) groups excluding carboxylic acids is 1. The molecule has 1 aromatic heterocycles. The lowest BCUT2D eigenvalue weighted by molar-refractivity contribution is -0.118. The van der Waals surface area contributed by atoms with E-state index in [0.717, 1.165) is 25.2 Å². The first kappa shape index (κ1) is 13.8. The molecule has 0 aromatic carbocycles. The zero-order valence-corrected chi connectivity index (χ0v) is 12.2. The van der Waals surface area contributed by atoms with Crippen LogP contribution in [0, 0.1) is 5.92 Å². The molecule has 0 N–H and O–H groups in total. The molecule has 1 aliphatic rings. The zero-order chi connectivity index (χ0) is 12.8. The summed E-state index contributed by atoms with van der Waals surface area (Å²) in [6, 6.07) is 4.29. The molecule has 0 saturated heterocycles. The van der Waals surface area contributed by atoms with E-state index in [4.69, 9.17) is 0 Å². The molecule has 0 aliphatic heterocycles. The fraction of sp³-hybridized carbons (Fsp3) is 0.688. The molecule has 0 atom stereocenters. The van der Waals surface area contributed by atoms with E-state index in [-0.39, 0.29) is 0 Å². The summed E-state index contributed by atoms with van der Waals surface area (Å²) >= 11 is 1.80. The molecule has 100 valence electrons. The molecule has 0 amide bonds. The number of carbonyl (C=O) groups is 1. The maximum atomic E-state index is 12.0. The average Bonchev–Trinajstić information content (AvgIpc) is 2.85. The third kappa shape index (κ3) is 4.24. The number of rotatable bonds is 6. The van der Waals surface area contributed by atoms with E-state index in [1.54, 1.807) is 11.3 Å². The van der Waals surface area contributed by atoms with Gasteiger partial charge in [-0.05, 0) is 30.9 Å². The molecular formula is C16H24OS. The topological polar surface area (TPSA) is 17.1 Å². The van der Waals surface area contributed by atoms with Crippen molar-refractivity contribution >= 4 is 17.1 Å². The first-order chi connectivity index (χ1) is 8.78. The van der Waals surface area contributed by atoms with Crippen molar-refractivity contribution in [3.05, 3.63) is 21.9 Å². The van der Waals surface area contributed by atoms with Crippen LogP contribution in [0.2, 0.25) is 0 Å². The van der Waals surface area contributed by atoms with Crippen molar-refractivity contribution < 1.29 is 4.79 Å². The monoisotopic (exact) mass is 264 g/mol. The van der Waals surface area contributed by atoms with Crippen molar-refractivity contribution in [2.45, 2.75) is 64.7 Å². The lowest BCUT2D eigenvalue weighted by atomic mass is 9.85. The van der Waals surface area contributed by atoms with Gasteiger partial charge in [-0.2, -0.15) is 0 Å². The predicted molar refractivity (Wildman–Crippen MR) is 78.2 cm³/mol. The summed E-state index contributed by atoms with van der Waals surface area (Å²) < 4.78 is 0. The van der Waals surface area contributed by atoms with Crippen LogP contribution in [0.5, 0.6) is 0 Å². The van der Waals surface area contributed by atoms with Crippen LogP contribution in [0.4, 0.5) is 0 Å². The maximum Gasteiger partial charge on any atom is 0.138 e. The number of ketones is 1. The smallest absolute Gasteiger partial charge is 0.138 e. The van der Waals surface area contributed by atoms with Crippen LogP contribution in [-0.4, -0.2) is 5.78 Å². The molecule has 1 aromatic rings. The van der Waals surface area contributed by atoms with Crippen molar-refractivity contribution in [2.75, 3.05) is 0 Å². The molecule has 0 unspecified atom stereocenters. The van der Waals surface area contributed by atoms with Crippen molar-refractivity contribution in [2.24, 2.45) is 5.92 Å². The number of Topliss-reactive ketones (excluding diaryl/α,β-unsaturated/α-hetero) is 1. The molecule has 2 heteroatoms. The Hall–Kier alpha value is -0.630. The van der Waals surface area contributed by atoms with Crippen LogP contribution in [0.1, 0.15) is 61.6 Å². The average molecular weight is 264 g/mol. The van der Waals surface area contributed by atoms with Gasteiger partial charge in [-0.3, -0.25) is 4.79 Å². The van der Waals surface area contributed by atoms with E-state index in [1.165, 1.54) is 41.9 Å². The second kappa shape index (κ2) is 7.08. The van der Waals surface area contributed by atoms with Gasteiger partial charge >= 0.3 is 0 Å². The minimum Gasteiger partial charge on any atom is -0.299 e. The van der Waals surface area contributed by atoms with Gasteiger partial charge in [-0.25, -0.2) is 0 Å². The third-order valence-electron chi connectivity index (χ3n) is 3.99. The lowest BCUT2D eigenvalue weighted by Crippen LogP contribution is -2.09. The number of hydrogen-bond donors (Lipinski definition) is 0. The van der Waals surface area contributed by atoms with E-state index in [0.29, 0.717) is 12.2 Å². The summed E-state index contributed by atoms with van der Waals surface area (Å²) in [5, 5.41) is 0. The van der Waals surface area contributed by atoms with Crippen molar-refractivity contribution in [3.8, 4) is 0 Å². The molecule has 1 aliphatic carbocycles. The SMILES string of the molecule is CCc1ccc(CC(=O)CCC2CCCCC2)s1. The molecule has 0 radical (unpaired) electrons. The van der Waals surface area contributed by atoms with E-state index < -0.39 is 0 Å². The highest BCUT2D eigenvalue weighted by atomic mass is 32.1. The van der Waals surface area contributed by atoms with Gasteiger partial charge in [0.15, 0.2) is 0 Å². The summed E-state index contributed by atoms with van der Waals surface area (Å²) in [6.07, 6.45) is 10.5. The normalized spacial score (nSPS) is 16.9. The fourth-order valence-electron chi connectivity index (χ4n) is 2.83. The summed E-state index contributed by atoms with van der Waals surface area (Å²) in [5.74, 6) is 1.27. The summed E-state index contributed by atoms with van der Waals surface area (Å²) in [5.41, 5.74) is 0.